The van der Waals surface area contributed by atoms with Gasteiger partial charge in [0.15, 0.2) is 0 Å². The van der Waals surface area contributed by atoms with Gasteiger partial charge in [-0.05, 0) is 23.5 Å². The lowest BCUT2D eigenvalue weighted by molar-refractivity contribution is -0.384. The topological polar surface area (TPSA) is 110 Å². The van der Waals surface area contributed by atoms with Crippen molar-refractivity contribution in [1.29, 1.82) is 0 Å². The predicted molar refractivity (Wildman–Crippen MR) is 109 cm³/mol. The van der Waals surface area contributed by atoms with Crippen molar-refractivity contribution in [2.75, 3.05) is 19.6 Å². The fourth-order valence-electron chi connectivity index (χ4n) is 3.34. The highest BCUT2D eigenvalue weighted by Gasteiger charge is 2.30. The number of carbonyl (C=O) groups is 1. The van der Waals surface area contributed by atoms with Crippen LogP contribution in [0.2, 0.25) is 0 Å². The average molecular weight is 417 g/mol. The molecular formula is C20H23N3O5S. The van der Waals surface area contributed by atoms with Crippen molar-refractivity contribution in [3.63, 3.8) is 0 Å². The van der Waals surface area contributed by atoms with Gasteiger partial charge < -0.3 is 4.90 Å². The first kappa shape index (κ1) is 20.9. The van der Waals surface area contributed by atoms with E-state index >= 15 is 0 Å². The van der Waals surface area contributed by atoms with Gasteiger partial charge in [0, 0.05) is 38.2 Å². The lowest BCUT2D eigenvalue weighted by atomic mass is 10.1. The molecule has 9 heteroatoms. The van der Waals surface area contributed by atoms with Gasteiger partial charge in [0.05, 0.1) is 10.7 Å². The van der Waals surface area contributed by atoms with E-state index < -0.39 is 14.9 Å². The zero-order valence-corrected chi connectivity index (χ0v) is 16.7. The molecular weight excluding hydrogens is 394 g/mol. The van der Waals surface area contributed by atoms with Crippen molar-refractivity contribution in [3.05, 3.63) is 75.8 Å². The van der Waals surface area contributed by atoms with Crippen LogP contribution in [0.3, 0.4) is 0 Å². The van der Waals surface area contributed by atoms with Crippen LogP contribution in [-0.4, -0.2) is 43.8 Å². The van der Waals surface area contributed by atoms with Crippen molar-refractivity contribution in [2.24, 2.45) is 5.92 Å². The Labute approximate surface area is 169 Å². The van der Waals surface area contributed by atoms with Crippen LogP contribution in [-0.2, 0) is 27.0 Å². The van der Waals surface area contributed by atoms with Crippen molar-refractivity contribution < 1.29 is 18.1 Å². The summed E-state index contributed by atoms with van der Waals surface area (Å²) in [5.74, 6) is -0.283. The molecule has 8 nitrogen and oxygen atoms in total. The summed E-state index contributed by atoms with van der Waals surface area (Å²) < 4.78 is 27.2. The Balaban J connectivity index is 1.47. The standard InChI is InChI=1S/C20H23N3O5S/c24-20-12-18(14-22(20)11-10-16-4-2-1-3-5-16)13-21-29(27,28)15-17-6-8-19(9-7-17)23(25)26/h1-9,18,21H,10-15H2/t18-/m1/s1. The molecule has 2 aromatic rings. The van der Waals surface area contributed by atoms with E-state index in [0.29, 0.717) is 25.1 Å². The molecule has 0 aromatic heterocycles. The normalized spacial score (nSPS) is 16.9. The van der Waals surface area contributed by atoms with E-state index in [-0.39, 0.29) is 29.8 Å². The maximum absolute atomic E-state index is 12.3. The maximum atomic E-state index is 12.3. The second-order valence-electron chi connectivity index (χ2n) is 7.18. The summed E-state index contributed by atoms with van der Waals surface area (Å²) >= 11 is 0. The lowest BCUT2D eigenvalue weighted by Gasteiger charge is -2.17. The highest BCUT2D eigenvalue weighted by molar-refractivity contribution is 7.88. The van der Waals surface area contributed by atoms with Crippen LogP contribution in [0.5, 0.6) is 0 Å². The molecule has 3 rings (SSSR count). The number of nitro groups is 1. The van der Waals surface area contributed by atoms with Gasteiger partial charge in [0.25, 0.3) is 5.69 Å². The molecule has 0 aliphatic carbocycles. The van der Waals surface area contributed by atoms with E-state index in [9.17, 15) is 23.3 Å². The number of non-ortho nitro benzene ring substituents is 1. The number of rotatable bonds is 9. The maximum Gasteiger partial charge on any atom is 0.269 e. The van der Waals surface area contributed by atoms with Gasteiger partial charge in [-0.1, -0.05) is 42.5 Å². The molecule has 1 aliphatic rings. The summed E-state index contributed by atoms with van der Waals surface area (Å²) in [5, 5.41) is 10.7. The first-order valence-electron chi connectivity index (χ1n) is 9.35. The van der Waals surface area contributed by atoms with Crippen LogP contribution in [0, 0.1) is 16.0 Å². The van der Waals surface area contributed by atoms with E-state index in [2.05, 4.69) is 4.72 Å². The first-order valence-corrected chi connectivity index (χ1v) is 11.0. The molecule has 154 valence electrons. The highest BCUT2D eigenvalue weighted by atomic mass is 32.2. The minimum absolute atomic E-state index is 0.0421. The number of nitro benzene ring substituents is 1. The van der Waals surface area contributed by atoms with Crippen LogP contribution >= 0.6 is 0 Å². The van der Waals surface area contributed by atoms with Crippen LogP contribution in [0.15, 0.2) is 54.6 Å². The van der Waals surface area contributed by atoms with Crippen molar-refractivity contribution in [3.8, 4) is 0 Å². The molecule has 2 aromatic carbocycles. The largest absolute Gasteiger partial charge is 0.342 e. The summed E-state index contributed by atoms with van der Waals surface area (Å²) in [6.45, 7) is 1.35. The third-order valence-electron chi connectivity index (χ3n) is 4.90. The number of nitrogens with one attached hydrogen (secondary N) is 1. The second kappa shape index (κ2) is 9.15. The van der Waals surface area contributed by atoms with E-state index in [4.69, 9.17) is 0 Å². The third-order valence-corrected chi connectivity index (χ3v) is 6.22. The summed E-state index contributed by atoms with van der Waals surface area (Å²) in [7, 11) is -3.60. The smallest absolute Gasteiger partial charge is 0.269 e. The third kappa shape index (κ3) is 6.10. The number of sulfonamides is 1. The molecule has 0 bridgehead atoms. The summed E-state index contributed by atoms with van der Waals surface area (Å²) in [6, 6.07) is 15.3. The zero-order chi connectivity index (χ0) is 20.9. The quantitative estimate of drug-likeness (QED) is 0.496. The number of hydrogen-bond donors (Lipinski definition) is 1. The Morgan fingerprint density at radius 3 is 2.41 bits per heavy atom. The number of likely N-dealkylation sites (tertiary alicyclic amines) is 1. The molecule has 0 saturated carbocycles. The van der Waals surface area contributed by atoms with Crippen LogP contribution < -0.4 is 4.72 Å². The van der Waals surface area contributed by atoms with E-state index in [1.165, 1.54) is 24.3 Å². The Morgan fingerprint density at radius 2 is 1.76 bits per heavy atom. The monoisotopic (exact) mass is 417 g/mol. The Kier molecular flexibility index (Phi) is 6.60. The van der Waals surface area contributed by atoms with Gasteiger partial charge in [-0.2, -0.15) is 0 Å². The van der Waals surface area contributed by atoms with Crippen molar-refractivity contribution in [2.45, 2.75) is 18.6 Å². The highest BCUT2D eigenvalue weighted by Crippen LogP contribution is 2.19. The van der Waals surface area contributed by atoms with Crippen LogP contribution in [0.25, 0.3) is 0 Å². The molecule has 1 saturated heterocycles. The molecule has 1 atom stereocenters. The van der Waals surface area contributed by atoms with Gasteiger partial charge in [0.1, 0.15) is 0 Å². The second-order valence-corrected chi connectivity index (χ2v) is 8.98. The fraction of sp³-hybridized carbons (Fsp3) is 0.350. The number of benzene rings is 2. The van der Waals surface area contributed by atoms with Gasteiger partial charge in [-0.15, -0.1) is 0 Å². The van der Waals surface area contributed by atoms with Crippen LogP contribution in [0.4, 0.5) is 5.69 Å². The molecule has 1 heterocycles. The summed E-state index contributed by atoms with van der Waals surface area (Å²) in [5.41, 5.74) is 1.54. The number of carbonyl (C=O) groups excluding carboxylic acids is 1. The number of nitrogens with zero attached hydrogens (tertiary/aromatic N) is 2. The molecule has 1 N–H and O–H groups in total. The lowest BCUT2D eigenvalue weighted by Crippen LogP contribution is -2.32. The Morgan fingerprint density at radius 1 is 1.07 bits per heavy atom. The van der Waals surface area contributed by atoms with E-state index in [0.717, 1.165) is 12.0 Å². The fourth-order valence-corrected chi connectivity index (χ4v) is 4.57. The summed E-state index contributed by atoms with van der Waals surface area (Å²) in [4.78, 5) is 24.1. The van der Waals surface area contributed by atoms with Crippen molar-refractivity contribution in [1.82, 2.24) is 9.62 Å². The average Bonchev–Trinajstić information content (AvgIpc) is 3.05. The van der Waals surface area contributed by atoms with Crippen LogP contribution in [0.1, 0.15) is 17.5 Å². The molecule has 1 fully saturated rings. The van der Waals surface area contributed by atoms with Crippen molar-refractivity contribution >= 4 is 21.6 Å². The SMILES string of the molecule is O=C1C[C@H](CNS(=O)(=O)Cc2ccc([N+](=O)[O-])cc2)CN1CCc1ccccc1. The molecule has 1 amide bonds. The number of hydrogen-bond acceptors (Lipinski definition) is 5. The Hall–Kier alpha value is -2.78. The molecule has 0 unspecified atom stereocenters. The van der Waals surface area contributed by atoms with Gasteiger partial charge in [0.2, 0.25) is 15.9 Å². The first-order chi connectivity index (χ1) is 13.8. The Bertz CT molecular complexity index is 961. The summed E-state index contributed by atoms with van der Waals surface area (Å²) in [6.07, 6.45) is 1.10. The van der Waals surface area contributed by atoms with Gasteiger partial charge in [-0.25, -0.2) is 13.1 Å². The predicted octanol–water partition coefficient (Wildman–Crippen LogP) is 2.11. The van der Waals surface area contributed by atoms with Gasteiger partial charge >= 0.3 is 0 Å². The number of amides is 1. The molecule has 29 heavy (non-hydrogen) atoms. The minimum atomic E-state index is -3.60. The molecule has 0 spiro atoms. The van der Waals surface area contributed by atoms with E-state index in [1.54, 1.807) is 4.90 Å². The zero-order valence-electron chi connectivity index (χ0n) is 15.9. The molecule has 1 aliphatic heterocycles. The van der Waals surface area contributed by atoms with Gasteiger partial charge in [-0.3, -0.25) is 14.9 Å². The molecule has 0 radical (unpaired) electrons. The minimum Gasteiger partial charge on any atom is -0.342 e. The van der Waals surface area contributed by atoms with E-state index in [1.807, 2.05) is 30.3 Å².